The highest BCUT2D eigenvalue weighted by molar-refractivity contribution is 7.14. The molecule has 0 radical (unpaired) electrons. The maximum atomic E-state index is 12.7. The molecule has 0 spiro atoms. The number of hydrogen-bond acceptors (Lipinski definition) is 4. The van der Waals surface area contributed by atoms with Crippen LogP contribution in [0.15, 0.2) is 47.8 Å². The molecule has 1 aliphatic rings. The van der Waals surface area contributed by atoms with E-state index in [0.717, 1.165) is 16.9 Å². The minimum absolute atomic E-state index is 0.00721. The smallest absolute Gasteiger partial charge is 0.261 e. The van der Waals surface area contributed by atoms with E-state index in [4.69, 9.17) is 11.6 Å². The molecule has 2 amide bonds. The van der Waals surface area contributed by atoms with Crippen molar-refractivity contribution in [1.82, 2.24) is 10.2 Å². The molecule has 2 aromatic heterocycles. The monoisotopic (exact) mass is 416 g/mol. The van der Waals surface area contributed by atoms with Gasteiger partial charge in [0, 0.05) is 33.4 Å². The van der Waals surface area contributed by atoms with E-state index in [1.807, 2.05) is 28.5 Å². The minimum Gasteiger partial charge on any atom is -0.346 e. The third-order valence-electron chi connectivity index (χ3n) is 4.47. The normalized spacial score (nSPS) is 13.3. The van der Waals surface area contributed by atoms with E-state index < -0.39 is 0 Å². The van der Waals surface area contributed by atoms with Crippen LogP contribution in [0.5, 0.6) is 0 Å². The van der Waals surface area contributed by atoms with Crippen molar-refractivity contribution in [2.24, 2.45) is 0 Å². The molecule has 3 heterocycles. The standard InChI is InChI=1S/C20H17ClN2O2S2/c21-15-5-3-13(4-6-15)20(25)23-8-7-17-14(12-23)10-18(27-17)19(24)22-11-16-2-1-9-26-16/h1-6,9-10H,7-8,11-12H2,(H,22,24). The fourth-order valence-corrected chi connectivity index (χ4v) is 4.91. The summed E-state index contributed by atoms with van der Waals surface area (Å²) in [5.74, 6) is -0.0643. The van der Waals surface area contributed by atoms with Gasteiger partial charge in [0.25, 0.3) is 11.8 Å². The molecule has 4 rings (SSSR count). The average molecular weight is 417 g/mol. The minimum atomic E-state index is -0.0571. The van der Waals surface area contributed by atoms with Gasteiger partial charge in [-0.1, -0.05) is 17.7 Å². The first-order valence-electron chi connectivity index (χ1n) is 8.57. The molecule has 0 aliphatic carbocycles. The molecule has 0 saturated heterocycles. The van der Waals surface area contributed by atoms with Gasteiger partial charge in [0.05, 0.1) is 11.4 Å². The Morgan fingerprint density at radius 1 is 1.19 bits per heavy atom. The Hall–Kier alpha value is -2.15. The number of nitrogens with one attached hydrogen (secondary N) is 1. The van der Waals surface area contributed by atoms with Crippen molar-refractivity contribution in [2.45, 2.75) is 19.5 Å². The van der Waals surface area contributed by atoms with Gasteiger partial charge in [0.15, 0.2) is 0 Å². The first-order valence-corrected chi connectivity index (χ1v) is 10.6. The van der Waals surface area contributed by atoms with Gasteiger partial charge in [-0.3, -0.25) is 9.59 Å². The third-order valence-corrected chi connectivity index (χ3v) is 6.84. The van der Waals surface area contributed by atoms with E-state index in [1.165, 1.54) is 16.2 Å². The lowest BCUT2D eigenvalue weighted by Crippen LogP contribution is -2.35. The molecule has 0 atom stereocenters. The molecule has 0 bridgehead atoms. The van der Waals surface area contributed by atoms with Crippen LogP contribution in [-0.4, -0.2) is 23.3 Å². The number of halogens is 1. The highest BCUT2D eigenvalue weighted by atomic mass is 35.5. The molecule has 138 valence electrons. The lowest BCUT2D eigenvalue weighted by molar-refractivity contribution is 0.0736. The second kappa shape index (κ2) is 7.84. The van der Waals surface area contributed by atoms with Crippen LogP contribution < -0.4 is 5.32 Å². The summed E-state index contributed by atoms with van der Waals surface area (Å²) < 4.78 is 0. The molecular weight excluding hydrogens is 400 g/mol. The maximum Gasteiger partial charge on any atom is 0.261 e. The topological polar surface area (TPSA) is 49.4 Å². The van der Waals surface area contributed by atoms with Crippen molar-refractivity contribution in [3.05, 3.63) is 78.6 Å². The summed E-state index contributed by atoms with van der Waals surface area (Å²) in [5, 5.41) is 5.58. The van der Waals surface area contributed by atoms with Gasteiger partial charge < -0.3 is 10.2 Å². The van der Waals surface area contributed by atoms with Crippen LogP contribution in [-0.2, 0) is 19.5 Å². The van der Waals surface area contributed by atoms with Gasteiger partial charge in [-0.25, -0.2) is 0 Å². The Morgan fingerprint density at radius 3 is 2.74 bits per heavy atom. The zero-order valence-electron chi connectivity index (χ0n) is 14.4. The Labute approximate surface area is 170 Å². The first kappa shape index (κ1) is 18.2. The van der Waals surface area contributed by atoms with Crippen molar-refractivity contribution in [1.29, 1.82) is 0 Å². The molecule has 4 nitrogen and oxygen atoms in total. The van der Waals surface area contributed by atoms with Crippen molar-refractivity contribution in [2.75, 3.05) is 6.54 Å². The van der Waals surface area contributed by atoms with Gasteiger partial charge >= 0.3 is 0 Å². The van der Waals surface area contributed by atoms with Crippen molar-refractivity contribution < 1.29 is 9.59 Å². The lowest BCUT2D eigenvalue weighted by Gasteiger charge is -2.27. The highest BCUT2D eigenvalue weighted by Gasteiger charge is 2.25. The fourth-order valence-electron chi connectivity index (χ4n) is 3.06. The Kier molecular flexibility index (Phi) is 5.29. The molecule has 0 saturated carbocycles. The van der Waals surface area contributed by atoms with E-state index >= 15 is 0 Å². The zero-order chi connectivity index (χ0) is 18.8. The summed E-state index contributed by atoms with van der Waals surface area (Å²) in [6, 6.07) is 12.8. The molecule has 1 N–H and O–H groups in total. The van der Waals surface area contributed by atoms with E-state index in [-0.39, 0.29) is 11.8 Å². The molecule has 0 fully saturated rings. The first-order chi connectivity index (χ1) is 13.1. The van der Waals surface area contributed by atoms with E-state index in [0.29, 0.717) is 35.1 Å². The fraction of sp³-hybridized carbons (Fsp3) is 0.200. The molecule has 1 aromatic carbocycles. The summed E-state index contributed by atoms with van der Waals surface area (Å²) in [7, 11) is 0. The summed E-state index contributed by atoms with van der Waals surface area (Å²) in [6.07, 6.45) is 0.775. The van der Waals surface area contributed by atoms with Crippen LogP contribution in [0.2, 0.25) is 5.02 Å². The predicted octanol–water partition coefficient (Wildman–Crippen LogP) is 4.59. The number of carbonyl (C=O) groups is 2. The van der Waals surface area contributed by atoms with Crippen LogP contribution in [0.3, 0.4) is 0 Å². The van der Waals surface area contributed by atoms with Crippen LogP contribution in [0.1, 0.15) is 35.3 Å². The number of amides is 2. The summed E-state index contributed by atoms with van der Waals surface area (Å²) in [4.78, 5) is 30.0. The van der Waals surface area contributed by atoms with E-state index in [9.17, 15) is 9.59 Å². The number of benzene rings is 1. The summed E-state index contributed by atoms with van der Waals surface area (Å²) in [6.45, 7) is 1.73. The summed E-state index contributed by atoms with van der Waals surface area (Å²) in [5.41, 5.74) is 1.70. The molecule has 7 heteroatoms. The Morgan fingerprint density at radius 2 is 2.00 bits per heavy atom. The number of rotatable bonds is 4. The molecule has 0 unspecified atom stereocenters. The van der Waals surface area contributed by atoms with Gasteiger partial charge in [0.1, 0.15) is 0 Å². The van der Waals surface area contributed by atoms with Gasteiger partial charge in [0.2, 0.25) is 0 Å². The van der Waals surface area contributed by atoms with Gasteiger partial charge in [-0.15, -0.1) is 22.7 Å². The lowest BCUT2D eigenvalue weighted by atomic mass is 10.1. The van der Waals surface area contributed by atoms with Crippen molar-refractivity contribution in [3.63, 3.8) is 0 Å². The predicted molar refractivity (Wildman–Crippen MR) is 110 cm³/mol. The number of thiophene rings is 2. The van der Waals surface area contributed by atoms with Crippen LogP contribution in [0.4, 0.5) is 0 Å². The second-order valence-electron chi connectivity index (χ2n) is 6.30. The molecule has 27 heavy (non-hydrogen) atoms. The van der Waals surface area contributed by atoms with E-state index in [2.05, 4.69) is 5.32 Å². The maximum absolute atomic E-state index is 12.7. The number of carbonyl (C=O) groups excluding carboxylic acids is 2. The van der Waals surface area contributed by atoms with Crippen molar-refractivity contribution >= 4 is 46.1 Å². The third kappa shape index (κ3) is 4.08. The zero-order valence-corrected chi connectivity index (χ0v) is 16.8. The summed E-state index contributed by atoms with van der Waals surface area (Å²) >= 11 is 9.05. The highest BCUT2D eigenvalue weighted by Crippen LogP contribution is 2.29. The van der Waals surface area contributed by atoms with Gasteiger partial charge in [-0.2, -0.15) is 0 Å². The number of fused-ring (bicyclic) bond motifs is 1. The molecule has 3 aromatic rings. The van der Waals surface area contributed by atoms with Gasteiger partial charge in [-0.05, 0) is 53.8 Å². The van der Waals surface area contributed by atoms with Crippen LogP contribution >= 0.6 is 34.3 Å². The molecule has 1 aliphatic heterocycles. The number of hydrogen-bond donors (Lipinski definition) is 1. The number of nitrogens with zero attached hydrogens (tertiary/aromatic N) is 1. The second-order valence-corrected chi connectivity index (χ2v) is 8.91. The van der Waals surface area contributed by atoms with Crippen molar-refractivity contribution in [3.8, 4) is 0 Å². The quantitative estimate of drug-likeness (QED) is 0.676. The van der Waals surface area contributed by atoms with Crippen LogP contribution in [0.25, 0.3) is 0 Å². The largest absolute Gasteiger partial charge is 0.346 e. The Bertz CT molecular complexity index is 965. The van der Waals surface area contributed by atoms with E-state index in [1.54, 1.807) is 35.6 Å². The van der Waals surface area contributed by atoms with Crippen LogP contribution in [0, 0.1) is 0 Å². The SMILES string of the molecule is O=C(NCc1cccs1)c1cc2c(s1)CCN(C(=O)c1ccc(Cl)cc1)C2. The average Bonchev–Trinajstić information content (AvgIpc) is 3.35. The molecular formula is C20H17ClN2O2S2. The Balaban J connectivity index is 1.43.